The van der Waals surface area contributed by atoms with E-state index >= 15 is 0 Å². The second kappa shape index (κ2) is 8.22. The first-order chi connectivity index (χ1) is 14.4. The van der Waals surface area contributed by atoms with Crippen molar-refractivity contribution in [3.05, 3.63) is 101 Å². The Bertz CT molecular complexity index is 1350. The van der Waals surface area contributed by atoms with Gasteiger partial charge in [0.2, 0.25) is 0 Å². The summed E-state index contributed by atoms with van der Waals surface area (Å²) in [6.45, 7) is 1.73. The van der Waals surface area contributed by atoms with Crippen LogP contribution < -0.4 is 14.9 Å². The maximum atomic E-state index is 13.4. The van der Waals surface area contributed by atoms with Gasteiger partial charge < -0.3 is 4.74 Å². The Balaban J connectivity index is 2.00. The minimum absolute atomic E-state index is 0.257. The molecule has 2 heterocycles. The molecule has 0 saturated heterocycles. The van der Waals surface area contributed by atoms with Gasteiger partial charge in [0.05, 0.1) is 22.9 Å². The van der Waals surface area contributed by atoms with Crippen LogP contribution in [0.2, 0.25) is 10.0 Å². The van der Waals surface area contributed by atoms with Gasteiger partial charge in [-0.05, 0) is 42.3 Å². The van der Waals surface area contributed by atoms with Gasteiger partial charge >= 0.3 is 5.97 Å². The number of rotatable bonds is 3. The number of aromatic nitrogens is 1. The van der Waals surface area contributed by atoms with E-state index in [-0.39, 0.29) is 11.1 Å². The van der Waals surface area contributed by atoms with Crippen molar-refractivity contribution in [1.82, 2.24) is 4.57 Å². The normalized spacial score (nSPS) is 16.3. The van der Waals surface area contributed by atoms with E-state index in [1.807, 2.05) is 18.2 Å². The highest BCUT2D eigenvalue weighted by Crippen LogP contribution is 2.34. The molecule has 1 aliphatic heterocycles. The van der Waals surface area contributed by atoms with Crippen LogP contribution in [0, 0.1) is 0 Å². The molecule has 1 aromatic heterocycles. The number of carbonyl (C=O) groups is 1. The molecular formula is C22H16Cl2N2O3S. The summed E-state index contributed by atoms with van der Waals surface area (Å²) in [7, 11) is 1.30. The molecule has 3 aromatic rings. The lowest BCUT2D eigenvalue weighted by atomic mass is 9.96. The largest absolute Gasteiger partial charge is 0.466 e. The molecule has 0 bridgehead atoms. The molecule has 1 atom stereocenters. The molecule has 0 amide bonds. The number of hydrogen-bond donors (Lipinski definition) is 0. The molecule has 0 aliphatic carbocycles. The predicted octanol–water partition coefficient (Wildman–Crippen LogP) is 3.72. The van der Waals surface area contributed by atoms with Gasteiger partial charge in [-0.3, -0.25) is 9.36 Å². The van der Waals surface area contributed by atoms with Crippen LogP contribution in [-0.2, 0) is 9.53 Å². The number of allylic oxidation sites excluding steroid dienone is 1. The summed E-state index contributed by atoms with van der Waals surface area (Å²) >= 11 is 13.7. The van der Waals surface area contributed by atoms with Gasteiger partial charge in [-0.1, -0.05) is 64.9 Å². The Morgan fingerprint density at radius 3 is 2.53 bits per heavy atom. The Kier molecular flexibility index (Phi) is 5.64. The van der Waals surface area contributed by atoms with E-state index in [9.17, 15) is 9.59 Å². The Labute approximate surface area is 186 Å². The van der Waals surface area contributed by atoms with Crippen molar-refractivity contribution < 1.29 is 9.53 Å². The standard InChI is InChI=1S/C22H16Cl2N2O3S/c1-12-18(21(28)29-2)19(15-5-3-4-6-16(15)24)26-20(27)17(30-22(26)25-12)11-13-7-9-14(23)10-8-13/h3-11,19H,1-2H3/t19-/m0/s1. The number of halogens is 2. The predicted molar refractivity (Wildman–Crippen MR) is 119 cm³/mol. The van der Waals surface area contributed by atoms with Gasteiger partial charge in [0.1, 0.15) is 6.04 Å². The zero-order valence-corrected chi connectivity index (χ0v) is 18.4. The van der Waals surface area contributed by atoms with Crippen molar-refractivity contribution >= 4 is 46.6 Å². The SMILES string of the molecule is COC(=O)C1=C(C)N=c2sc(=Cc3ccc(Cl)cc3)c(=O)n2[C@H]1c1ccccc1Cl. The van der Waals surface area contributed by atoms with Gasteiger partial charge in [-0.25, -0.2) is 9.79 Å². The number of benzene rings is 2. The van der Waals surface area contributed by atoms with Gasteiger partial charge in [0, 0.05) is 10.0 Å². The lowest BCUT2D eigenvalue weighted by molar-refractivity contribution is -0.136. The zero-order chi connectivity index (χ0) is 21.4. The number of nitrogens with zero attached hydrogens (tertiary/aromatic N) is 2. The van der Waals surface area contributed by atoms with Crippen LogP contribution in [0.3, 0.4) is 0 Å². The number of ether oxygens (including phenoxy) is 1. The van der Waals surface area contributed by atoms with Gasteiger partial charge in [0.15, 0.2) is 4.80 Å². The fourth-order valence-electron chi connectivity index (χ4n) is 3.39. The molecule has 1 aliphatic rings. The number of methoxy groups -OCH3 is 1. The Hall–Kier alpha value is -2.67. The van der Waals surface area contributed by atoms with Crippen molar-refractivity contribution in [2.45, 2.75) is 13.0 Å². The molecular weight excluding hydrogens is 443 g/mol. The zero-order valence-electron chi connectivity index (χ0n) is 16.1. The van der Waals surface area contributed by atoms with E-state index < -0.39 is 12.0 Å². The number of carbonyl (C=O) groups excluding carboxylic acids is 1. The number of fused-ring (bicyclic) bond motifs is 1. The molecule has 5 nitrogen and oxygen atoms in total. The second-order valence-electron chi connectivity index (χ2n) is 6.65. The van der Waals surface area contributed by atoms with Crippen molar-refractivity contribution in [3.63, 3.8) is 0 Å². The van der Waals surface area contributed by atoms with Gasteiger partial charge in [0.25, 0.3) is 5.56 Å². The fourth-order valence-corrected chi connectivity index (χ4v) is 4.81. The van der Waals surface area contributed by atoms with E-state index in [0.717, 1.165) is 5.56 Å². The minimum Gasteiger partial charge on any atom is -0.466 e. The summed E-state index contributed by atoms with van der Waals surface area (Å²) in [6.07, 6.45) is 1.78. The van der Waals surface area contributed by atoms with Crippen molar-refractivity contribution in [1.29, 1.82) is 0 Å². The first-order valence-electron chi connectivity index (χ1n) is 9.01. The highest BCUT2D eigenvalue weighted by molar-refractivity contribution is 7.07. The van der Waals surface area contributed by atoms with Crippen LogP contribution in [0.15, 0.2) is 69.6 Å². The molecule has 0 spiro atoms. The smallest absolute Gasteiger partial charge is 0.338 e. The number of thiazole rings is 1. The summed E-state index contributed by atoms with van der Waals surface area (Å²) < 4.78 is 6.99. The van der Waals surface area contributed by atoms with Crippen molar-refractivity contribution in [2.75, 3.05) is 7.11 Å². The summed E-state index contributed by atoms with van der Waals surface area (Å²) in [5.41, 5.74) is 1.99. The maximum Gasteiger partial charge on any atom is 0.338 e. The summed E-state index contributed by atoms with van der Waals surface area (Å²) in [5, 5.41) is 1.07. The molecule has 0 saturated carbocycles. The highest BCUT2D eigenvalue weighted by atomic mass is 35.5. The van der Waals surface area contributed by atoms with E-state index in [1.54, 1.807) is 43.3 Å². The van der Waals surface area contributed by atoms with Crippen LogP contribution in [-0.4, -0.2) is 17.6 Å². The third-order valence-corrected chi connectivity index (χ3v) is 6.37. The highest BCUT2D eigenvalue weighted by Gasteiger charge is 2.34. The van der Waals surface area contributed by atoms with Gasteiger partial charge in [-0.15, -0.1) is 0 Å². The van der Waals surface area contributed by atoms with Crippen LogP contribution >= 0.6 is 34.5 Å². The fraction of sp³-hybridized carbons (Fsp3) is 0.136. The quantitative estimate of drug-likeness (QED) is 0.561. The topological polar surface area (TPSA) is 60.7 Å². The van der Waals surface area contributed by atoms with Crippen LogP contribution in [0.1, 0.15) is 24.1 Å². The lowest BCUT2D eigenvalue weighted by Crippen LogP contribution is -2.39. The molecule has 152 valence electrons. The molecule has 30 heavy (non-hydrogen) atoms. The third kappa shape index (κ3) is 3.62. The third-order valence-electron chi connectivity index (χ3n) is 4.79. The van der Waals surface area contributed by atoms with E-state index in [1.165, 1.54) is 23.0 Å². The summed E-state index contributed by atoms with van der Waals surface area (Å²) in [4.78, 5) is 31.0. The molecule has 0 N–H and O–H groups in total. The average Bonchev–Trinajstić information content (AvgIpc) is 3.03. The minimum atomic E-state index is -0.727. The average molecular weight is 459 g/mol. The second-order valence-corrected chi connectivity index (χ2v) is 8.50. The lowest BCUT2D eigenvalue weighted by Gasteiger charge is -2.25. The Morgan fingerprint density at radius 1 is 1.17 bits per heavy atom. The van der Waals surface area contributed by atoms with Gasteiger partial charge in [-0.2, -0.15) is 0 Å². The van der Waals surface area contributed by atoms with E-state index in [4.69, 9.17) is 27.9 Å². The van der Waals surface area contributed by atoms with Crippen molar-refractivity contribution in [3.8, 4) is 0 Å². The molecule has 0 unspecified atom stereocenters. The summed E-state index contributed by atoms with van der Waals surface area (Å²) in [6, 6.07) is 13.6. The van der Waals surface area contributed by atoms with Crippen LogP contribution in [0.25, 0.3) is 6.08 Å². The molecule has 0 radical (unpaired) electrons. The van der Waals surface area contributed by atoms with E-state index in [2.05, 4.69) is 4.99 Å². The monoisotopic (exact) mass is 458 g/mol. The first kappa shape index (κ1) is 20.6. The van der Waals surface area contributed by atoms with E-state index in [0.29, 0.717) is 30.6 Å². The first-order valence-corrected chi connectivity index (χ1v) is 10.6. The van der Waals surface area contributed by atoms with Crippen LogP contribution in [0.4, 0.5) is 0 Å². The van der Waals surface area contributed by atoms with Crippen LogP contribution in [0.5, 0.6) is 0 Å². The summed E-state index contributed by atoms with van der Waals surface area (Å²) in [5.74, 6) is -0.548. The van der Waals surface area contributed by atoms with Crippen molar-refractivity contribution in [2.24, 2.45) is 4.99 Å². The number of hydrogen-bond acceptors (Lipinski definition) is 5. The molecule has 4 rings (SSSR count). The molecule has 2 aromatic carbocycles. The number of esters is 1. The maximum absolute atomic E-state index is 13.4. The Morgan fingerprint density at radius 2 is 1.87 bits per heavy atom. The molecule has 8 heteroatoms. The molecule has 0 fully saturated rings.